The van der Waals surface area contributed by atoms with Gasteiger partial charge in [-0.05, 0) is 84.2 Å². The van der Waals surface area contributed by atoms with E-state index in [0.29, 0.717) is 19.1 Å². The predicted octanol–water partition coefficient (Wildman–Crippen LogP) is 9.21. The number of benzene rings is 4. The van der Waals surface area contributed by atoms with Gasteiger partial charge in [0.15, 0.2) is 6.29 Å². The van der Waals surface area contributed by atoms with E-state index in [1.807, 2.05) is 49.4 Å². The summed E-state index contributed by atoms with van der Waals surface area (Å²) >= 11 is 0. The van der Waals surface area contributed by atoms with E-state index in [1.54, 1.807) is 0 Å². The van der Waals surface area contributed by atoms with E-state index in [0.717, 1.165) is 17.9 Å². The molecule has 0 saturated carbocycles. The van der Waals surface area contributed by atoms with Gasteiger partial charge in [-0.2, -0.15) is 0 Å². The molecule has 198 valence electrons. The molecule has 0 fully saturated rings. The number of hydrogen-bond donors (Lipinski definition) is 0. The fourth-order valence-electron chi connectivity index (χ4n) is 4.68. The number of rotatable bonds is 14. The first-order valence-electron chi connectivity index (χ1n) is 13.9. The van der Waals surface area contributed by atoms with E-state index in [4.69, 9.17) is 14.2 Å². The van der Waals surface area contributed by atoms with Crippen LogP contribution in [0.25, 0.3) is 11.1 Å². The van der Waals surface area contributed by atoms with Crippen LogP contribution in [0.1, 0.15) is 62.6 Å². The average molecular weight is 509 g/mol. The quantitative estimate of drug-likeness (QED) is 0.159. The smallest absolute Gasteiger partial charge is 0.196 e. The van der Waals surface area contributed by atoms with Gasteiger partial charge in [-0.15, -0.1) is 0 Å². The lowest BCUT2D eigenvalue weighted by Gasteiger charge is -2.16. The molecule has 0 bridgehead atoms. The highest BCUT2D eigenvalue weighted by Gasteiger charge is 2.08. The first-order valence-corrected chi connectivity index (χ1v) is 13.9. The maximum atomic E-state index is 6.02. The van der Waals surface area contributed by atoms with Gasteiger partial charge in [-0.3, -0.25) is 0 Å². The summed E-state index contributed by atoms with van der Waals surface area (Å²) in [4.78, 5) is 0. The monoisotopic (exact) mass is 508 g/mol. The van der Waals surface area contributed by atoms with Crippen molar-refractivity contribution in [1.29, 1.82) is 0 Å². The SMILES string of the molecule is CCCC(CC)c1ccc(COc2ccc(CCOC(C)Oc3ccc(-c4ccccc4)cc3)cc2)cc1. The lowest BCUT2D eigenvalue weighted by molar-refractivity contribution is -0.0654. The summed E-state index contributed by atoms with van der Waals surface area (Å²) in [5, 5.41) is 0. The zero-order chi connectivity index (χ0) is 26.6. The molecule has 38 heavy (non-hydrogen) atoms. The van der Waals surface area contributed by atoms with Gasteiger partial charge in [0.05, 0.1) is 6.61 Å². The van der Waals surface area contributed by atoms with Crippen LogP contribution in [0.3, 0.4) is 0 Å². The Hall–Kier alpha value is -3.56. The lowest BCUT2D eigenvalue weighted by Crippen LogP contribution is -2.17. The highest BCUT2D eigenvalue weighted by atomic mass is 16.7. The van der Waals surface area contributed by atoms with Crippen molar-refractivity contribution in [2.45, 2.75) is 65.3 Å². The second-order valence-corrected chi connectivity index (χ2v) is 9.76. The molecule has 0 N–H and O–H groups in total. The number of hydrogen-bond acceptors (Lipinski definition) is 3. The molecule has 0 heterocycles. The molecule has 0 saturated heterocycles. The summed E-state index contributed by atoms with van der Waals surface area (Å²) < 4.78 is 17.8. The Labute approximate surface area is 228 Å². The highest BCUT2D eigenvalue weighted by Crippen LogP contribution is 2.25. The van der Waals surface area contributed by atoms with Crippen LogP contribution in [-0.2, 0) is 17.8 Å². The van der Waals surface area contributed by atoms with Crippen LogP contribution in [0, 0.1) is 0 Å². The van der Waals surface area contributed by atoms with Gasteiger partial charge in [-0.1, -0.05) is 99.1 Å². The average Bonchev–Trinajstić information content (AvgIpc) is 2.97. The highest BCUT2D eigenvalue weighted by molar-refractivity contribution is 5.63. The second kappa shape index (κ2) is 14.4. The Morgan fingerprint density at radius 2 is 1.29 bits per heavy atom. The summed E-state index contributed by atoms with van der Waals surface area (Å²) in [6, 6.07) is 35.6. The predicted molar refractivity (Wildman–Crippen MR) is 157 cm³/mol. The van der Waals surface area contributed by atoms with Crippen LogP contribution >= 0.6 is 0 Å². The summed E-state index contributed by atoms with van der Waals surface area (Å²) in [6.07, 6.45) is 4.16. The lowest BCUT2D eigenvalue weighted by atomic mass is 9.92. The van der Waals surface area contributed by atoms with Gasteiger partial charge in [0, 0.05) is 0 Å². The van der Waals surface area contributed by atoms with Gasteiger partial charge < -0.3 is 14.2 Å². The molecule has 0 aliphatic carbocycles. The molecule has 2 unspecified atom stereocenters. The maximum absolute atomic E-state index is 6.02. The molecule has 0 spiro atoms. The fraction of sp³-hybridized carbons (Fsp3) is 0.314. The number of ether oxygens (including phenoxy) is 3. The first-order chi connectivity index (χ1) is 18.6. The van der Waals surface area contributed by atoms with Crippen LogP contribution in [0.2, 0.25) is 0 Å². The Balaban J connectivity index is 1.17. The Kier molecular flexibility index (Phi) is 10.4. The summed E-state index contributed by atoms with van der Waals surface area (Å²) in [7, 11) is 0. The van der Waals surface area contributed by atoms with Crippen LogP contribution < -0.4 is 9.47 Å². The Bertz CT molecular complexity index is 1200. The molecule has 4 rings (SSSR count). The van der Waals surface area contributed by atoms with Crippen molar-refractivity contribution < 1.29 is 14.2 Å². The molecule has 2 atom stereocenters. The zero-order valence-electron chi connectivity index (χ0n) is 22.9. The summed E-state index contributed by atoms with van der Waals surface area (Å²) in [5.74, 6) is 2.35. The molecule has 3 heteroatoms. The molecular formula is C35H40O3. The van der Waals surface area contributed by atoms with Crippen molar-refractivity contribution in [1.82, 2.24) is 0 Å². The third-order valence-electron chi connectivity index (χ3n) is 6.92. The van der Waals surface area contributed by atoms with Crippen LogP contribution in [0.4, 0.5) is 0 Å². The molecule has 0 radical (unpaired) electrons. The molecule has 4 aromatic rings. The van der Waals surface area contributed by atoms with Gasteiger partial charge in [0.1, 0.15) is 18.1 Å². The van der Waals surface area contributed by atoms with Gasteiger partial charge in [-0.25, -0.2) is 0 Å². The minimum atomic E-state index is -0.318. The minimum Gasteiger partial charge on any atom is -0.489 e. The molecule has 0 aromatic heterocycles. The summed E-state index contributed by atoms with van der Waals surface area (Å²) in [6.45, 7) is 7.63. The van der Waals surface area contributed by atoms with Crippen molar-refractivity contribution in [2.24, 2.45) is 0 Å². The van der Waals surface area contributed by atoms with Gasteiger partial charge >= 0.3 is 0 Å². The molecule has 0 aliphatic rings. The third kappa shape index (κ3) is 8.22. The Morgan fingerprint density at radius 3 is 1.95 bits per heavy atom. The standard InChI is InChI=1S/C35H40O3/c1-4-9-30(5-2)32-16-12-29(13-17-32)26-37-34-20-14-28(15-21-34)24-25-36-27(3)38-35-22-18-33(19-23-35)31-10-7-6-8-11-31/h6-8,10-23,27,30H,4-5,9,24-26H2,1-3H3. The minimum absolute atomic E-state index is 0.318. The van der Waals surface area contributed by atoms with E-state index in [-0.39, 0.29) is 6.29 Å². The van der Waals surface area contributed by atoms with E-state index < -0.39 is 0 Å². The van der Waals surface area contributed by atoms with Gasteiger partial charge in [0.2, 0.25) is 0 Å². The van der Waals surface area contributed by atoms with E-state index in [2.05, 4.69) is 74.5 Å². The van der Waals surface area contributed by atoms with E-state index >= 15 is 0 Å². The molecule has 4 aromatic carbocycles. The van der Waals surface area contributed by atoms with Crippen molar-refractivity contribution in [2.75, 3.05) is 6.61 Å². The summed E-state index contributed by atoms with van der Waals surface area (Å²) in [5.41, 5.74) is 6.21. The largest absolute Gasteiger partial charge is 0.489 e. The molecule has 0 amide bonds. The van der Waals surface area contributed by atoms with Gasteiger partial charge in [0.25, 0.3) is 0 Å². The van der Waals surface area contributed by atoms with Crippen LogP contribution in [0.5, 0.6) is 11.5 Å². The maximum Gasteiger partial charge on any atom is 0.196 e. The fourth-order valence-corrected chi connectivity index (χ4v) is 4.68. The van der Waals surface area contributed by atoms with Crippen LogP contribution in [-0.4, -0.2) is 12.9 Å². The van der Waals surface area contributed by atoms with Crippen molar-refractivity contribution in [3.8, 4) is 22.6 Å². The first kappa shape index (κ1) is 27.5. The van der Waals surface area contributed by atoms with Crippen LogP contribution in [0.15, 0.2) is 103 Å². The second-order valence-electron chi connectivity index (χ2n) is 9.76. The third-order valence-corrected chi connectivity index (χ3v) is 6.92. The van der Waals surface area contributed by atoms with Crippen molar-refractivity contribution in [3.05, 3.63) is 120 Å². The Morgan fingerprint density at radius 1 is 0.658 bits per heavy atom. The normalized spacial score (nSPS) is 12.6. The molecular weight excluding hydrogens is 468 g/mol. The van der Waals surface area contributed by atoms with E-state index in [9.17, 15) is 0 Å². The van der Waals surface area contributed by atoms with Crippen molar-refractivity contribution in [3.63, 3.8) is 0 Å². The van der Waals surface area contributed by atoms with E-state index in [1.165, 1.54) is 47.1 Å². The van der Waals surface area contributed by atoms with Crippen molar-refractivity contribution >= 4 is 0 Å². The molecule has 0 aliphatic heterocycles. The topological polar surface area (TPSA) is 27.7 Å². The zero-order valence-corrected chi connectivity index (χ0v) is 22.9. The molecule has 3 nitrogen and oxygen atoms in total.